The maximum atomic E-state index is 12.1. The van der Waals surface area contributed by atoms with Crippen LogP contribution in [-0.4, -0.2) is 42.6 Å². The summed E-state index contributed by atoms with van der Waals surface area (Å²) in [6, 6.07) is 1.90. The molecule has 1 amide bonds. The molecule has 4 rings (SSSR count). The SMILES string of the molecule is COc1cc(Br)c2c3c1OC1C[C@@H](OC(C)=O)C=CC31CCN(C(C)=O)C2. The van der Waals surface area contributed by atoms with Crippen molar-refractivity contribution in [2.24, 2.45) is 0 Å². The minimum atomic E-state index is -0.359. The Morgan fingerprint density at radius 1 is 1.37 bits per heavy atom. The first kappa shape index (κ1) is 18.3. The maximum Gasteiger partial charge on any atom is 0.303 e. The summed E-state index contributed by atoms with van der Waals surface area (Å²) in [5.74, 6) is 1.15. The molecule has 1 aromatic rings. The van der Waals surface area contributed by atoms with Crippen molar-refractivity contribution in [3.63, 3.8) is 0 Å². The Morgan fingerprint density at radius 2 is 2.15 bits per heavy atom. The molecule has 2 unspecified atom stereocenters. The third-order valence-electron chi connectivity index (χ3n) is 5.78. The van der Waals surface area contributed by atoms with Crippen LogP contribution in [0.4, 0.5) is 0 Å². The number of rotatable bonds is 2. The summed E-state index contributed by atoms with van der Waals surface area (Å²) in [5.41, 5.74) is 1.78. The highest BCUT2D eigenvalue weighted by atomic mass is 79.9. The number of esters is 1. The summed E-state index contributed by atoms with van der Waals surface area (Å²) in [7, 11) is 1.62. The Kier molecular flexibility index (Phi) is 4.45. The molecule has 2 heterocycles. The Balaban J connectivity index is 1.87. The minimum Gasteiger partial charge on any atom is -0.493 e. The average molecular weight is 436 g/mol. The van der Waals surface area contributed by atoms with E-state index in [-0.39, 0.29) is 29.5 Å². The summed E-state index contributed by atoms with van der Waals surface area (Å²) in [5, 5.41) is 0. The first-order chi connectivity index (χ1) is 12.9. The van der Waals surface area contributed by atoms with E-state index < -0.39 is 0 Å². The third-order valence-corrected chi connectivity index (χ3v) is 6.49. The molecule has 27 heavy (non-hydrogen) atoms. The average Bonchev–Trinajstić information content (AvgIpc) is 2.82. The lowest BCUT2D eigenvalue weighted by atomic mass is 9.69. The maximum absolute atomic E-state index is 12.1. The predicted molar refractivity (Wildman–Crippen MR) is 102 cm³/mol. The standard InChI is InChI=1S/C20H22BrNO5/c1-11(23)22-7-6-20-5-4-13(26-12(2)24)8-17(20)27-19-16(25-3)9-15(21)14(10-22)18(19)20/h4-5,9,13,17H,6-8,10H2,1-3H3/t13-,17?,20?/m0/s1. The van der Waals surface area contributed by atoms with Crippen LogP contribution in [0.5, 0.6) is 11.5 Å². The molecular weight excluding hydrogens is 414 g/mol. The van der Waals surface area contributed by atoms with Gasteiger partial charge in [0.05, 0.1) is 12.5 Å². The van der Waals surface area contributed by atoms with Gasteiger partial charge in [0.1, 0.15) is 12.2 Å². The zero-order valence-corrected chi connectivity index (χ0v) is 17.2. The van der Waals surface area contributed by atoms with E-state index in [1.807, 2.05) is 17.0 Å². The Morgan fingerprint density at radius 3 is 2.81 bits per heavy atom. The van der Waals surface area contributed by atoms with E-state index >= 15 is 0 Å². The number of hydrogen-bond acceptors (Lipinski definition) is 5. The van der Waals surface area contributed by atoms with Crippen LogP contribution in [-0.2, 0) is 26.3 Å². The third kappa shape index (κ3) is 2.83. The van der Waals surface area contributed by atoms with E-state index in [1.54, 1.807) is 14.0 Å². The van der Waals surface area contributed by atoms with E-state index in [2.05, 4.69) is 22.0 Å². The molecule has 3 aliphatic rings. The number of nitrogens with zero attached hydrogens (tertiary/aromatic N) is 1. The molecule has 7 heteroatoms. The number of ether oxygens (including phenoxy) is 3. The topological polar surface area (TPSA) is 65.1 Å². The van der Waals surface area contributed by atoms with Crippen LogP contribution in [0, 0.1) is 0 Å². The first-order valence-electron chi connectivity index (χ1n) is 9.04. The van der Waals surface area contributed by atoms with Crippen molar-refractivity contribution in [2.45, 2.75) is 50.9 Å². The van der Waals surface area contributed by atoms with Gasteiger partial charge in [-0.3, -0.25) is 9.59 Å². The van der Waals surface area contributed by atoms with Crippen LogP contribution in [0.3, 0.4) is 0 Å². The number of carbonyl (C=O) groups is 2. The van der Waals surface area contributed by atoms with Crippen molar-refractivity contribution < 1.29 is 23.8 Å². The molecule has 144 valence electrons. The second-order valence-corrected chi connectivity index (χ2v) is 8.18. The first-order valence-corrected chi connectivity index (χ1v) is 9.83. The number of hydrogen-bond donors (Lipinski definition) is 0. The summed E-state index contributed by atoms with van der Waals surface area (Å²) in [6.45, 7) is 4.18. The van der Waals surface area contributed by atoms with Gasteiger partial charge in [0, 0.05) is 43.4 Å². The number of benzene rings is 1. The van der Waals surface area contributed by atoms with Gasteiger partial charge < -0.3 is 19.1 Å². The number of carbonyl (C=O) groups excluding carboxylic acids is 2. The van der Waals surface area contributed by atoms with Crippen LogP contribution in [0.25, 0.3) is 0 Å². The van der Waals surface area contributed by atoms with Gasteiger partial charge in [0.2, 0.25) is 5.91 Å². The van der Waals surface area contributed by atoms with Gasteiger partial charge in [-0.25, -0.2) is 0 Å². The molecule has 0 bridgehead atoms. The molecule has 3 atom stereocenters. The summed E-state index contributed by atoms with van der Waals surface area (Å²) in [6.07, 6.45) is 4.91. The minimum absolute atomic E-state index is 0.0536. The zero-order chi connectivity index (χ0) is 19.3. The normalized spacial score (nSPS) is 27.9. The second-order valence-electron chi connectivity index (χ2n) is 7.32. The number of amides is 1. The van der Waals surface area contributed by atoms with Crippen molar-refractivity contribution in [3.05, 3.63) is 33.8 Å². The number of methoxy groups -OCH3 is 1. The predicted octanol–water partition coefficient (Wildman–Crippen LogP) is 3.10. The fourth-order valence-electron chi connectivity index (χ4n) is 4.52. The molecule has 0 aromatic heterocycles. The quantitative estimate of drug-likeness (QED) is 0.527. The van der Waals surface area contributed by atoms with E-state index in [1.165, 1.54) is 6.92 Å². The fraction of sp³-hybridized carbons (Fsp3) is 0.500. The van der Waals surface area contributed by atoms with E-state index in [0.29, 0.717) is 25.3 Å². The molecule has 1 spiro atoms. The highest BCUT2D eigenvalue weighted by Gasteiger charge is 2.54. The van der Waals surface area contributed by atoms with E-state index in [9.17, 15) is 9.59 Å². The van der Waals surface area contributed by atoms with Gasteiger partial charge in [-0.15, -0.1) is 0 Å². The van der Waals surface area contributed by atoms with E-state index in [0.717, 1.165) is 27.8 Å². The molecule has 0 N–H and O–H groups in total. The zero-order valence-electron chi connectivity index (χ0n) is 15.6. The molecule has 6 nitrogen and oxygen atoms in total. The second kappa shape index (κ2) is 6.55. The molecule has 0 fully saturated rings. The van der Waals surface area contributed by atoms with Gasteiger partial charge in [-0.2, -0.15) is 0 Å². The lowest BCUT2D eigenvalue weighted by Gasteiger charge is -2.36. The van der Waals surface area contributed by atoms with Crippen LogP contribution >= 0.6 is 15.9 Å². The van der Waals surface area contributed by atoms with Crippen LogP contribution in [0.1, 0.15) is 37.8 Å². The highest BCUT2D eigenvalue weighted by molar-refractivity contribution is 9.10. The van der Waals surface area contributed by atoms with Gasteiger partial charge in [0.25, 0.3) is 0 Å². The van der Waals surface area contributed by atoms with Crippen molar-refractivity contribution in [3.8, 4) is 11.5 Å². The molecular formula is C20H22BrNO5. The van der Waals surface area contributed by atoms with Crippen LogP contribution in [0.15, 0.2) is 22.7 Å². The lowest BCUT2D eigenvalue weighted by Crippen LogP contribution is -2.44. The van der Waals surface area contributed by atoms with Crippen molar-refractivity contribution in [1.29, 1.82) is 0 Å². The van der Waals surface area contributed by atoms with Gasteiger partial charge in [-0.1, -0.05) is 22.0 Å². The van der Waals surface area contributed by atoms with Crippen LogP contribution in [0.2, 0.25) is 0 Å². The van der Waals surface area contributed by atoms with Crippen molar-refractivity contribution in [2.75, 3.05) is 13.7 Å². The Bertz CT molecular complexity index is 851. The lowest BCUT2D eigenvalue weighted by molar-refractivity contribution is -0.145. The Hall–Kier alpha value is -2.02. The van der Waals surface area contributed by atoms with Gasteiger partial charge >= 0.3 is 5.97 Å². The molecule has 1 aromatic carbocycles. The summed E-state index contributed by atoms with van der Waals surface area (Å²) < 4.78 is 18.3. The summed E-state index contributed by atoms with van der Waals surface area (Å²) in [4.78, 5) is 25.4. The molecule has 0 radical (unpaired) electrons. The van der Waals surface area contributed by atoms with Crippen molar-refractivity contribution in [1.82, 2.24) is 4.90 Å². The van der Waals surface area contributed by atoms with Gasteiger partial charge in [-0.05, 0) is 24.1 Å². The van der Waals surface area contributed by atoms with Crippen molar-refractivity contribution >= 4 is 27.8 Å². The smallest absolute Gasteiger partial charge is 0.303 e. The van der Waals surface area contributed by atoms with Gasteiger partial charge in [0.15, 0.2) is 11.5 Å². The molecule has 1 aliphatic carbocycles. The fourth-order valence-corrected chi connectivity index (χ4v) is 5.05. The summed E-state index contributed by atoms with van der Waals surface area (Å²) >= 11 is 3.67. The van der Waals surface area contributed by atoms with E-state index in [4.69, 9.17) is 14.2 Å². The molecule has 2 aliphatic heterocycles. The molecule has 0 saturated carbocycles. The Labute approximate surface area is 166 Å². The highest BCUT2D eigenvalue weighted by Crippen LogP contribution is 2.57. The molecule has 0 saturated heterocycles. The number of halogens is 1. The monoisotopic (exact) mass is 435 g/mol. The largest absolute Gasteiger partial charge is 0.493 e. The van der Waals surface area contributed by atoms with Crippen LogP contribution < -0.4 is 9.47 Å².